The van der Waals surface area contributed by atoms with E-state index in [-0.39, 0.29) is 17.7 Å². The minimum absolute atomic E-state index is 0.0594. The van der Waals surface area contributed by atoms with Gasteiger partial charge in [-0.15, -0.1) is 0 Å². The maximum absolute atomic E-state index is 11.2. The van der Waals surface area contributed by atoms with Crippen molar-refractivity contribution in [3.8, 4) is 0 Å². The molecule has 17 heavy (non-hydrogen) atoms. The number of rotatable bonds is 9. The predicted molar refractivity (Wildman–Crippen MR) is 69.5 cm³/mol. The molecule has 0 bridgehead atoms. The van der Waals surface area contributed by atoms with Gasteiger partial charge in [0.05, 0.1) is 0 Å². The molecule has 0 aromatic rings. The number of carbonyl (C=O) groups is 2. The van der Waals surface area contributed by atoms with Crippen molar-refractivity contribution < 1.29 is 9.59 Å². The van der Waals surface area contributed by atoms with E-state index in [2.05, 4.69) is 17.2 Å². The third-order valence-electron chi connectivity index (χ3n) is 2.41. The summed E-state index contributed by atoms with van der Waals surface area (Å²) in [4.78, 5) is 22.0. The molecule has 0 aliphatic heterocycles. The number of amides is 2. The van der Waals surface area contributed by atoms with Crippen molar-refractivity contribution in [2.45, 2.75) is 39.5 Å². The van der Waals surface area contributed by atoms with Crippen molar-refractivity contribution in [3.63, 3.8) is 0 Å². The minimum Gasteiger partial charge on any atom is -0.356 e. The molecular formula is C13H24N2O2. The number of hydrogen-bond acceptors (Lipinski definition) is 2. The molecule has 0 aliphatic carbocycles. The molecule has 0 unspecified atom stereocenters. The first-order valence-electron chi connectivity index (χ1n) is 6.26. The van der Waals surface area contributed by atoms with Crippen LogP contribution in [0.2, 0.25) is 0 Å². The van der Waals surface area contributed by atoms with Crippen LogP contribution in [0.15, 0.2) is 12.7 Å². The smallest absolute Gasteiger partial charge is 0.243 e. The monoisotopic (exact) mass is 240 g/mol. The second-order valence-corrected chi connectivity index (χ2v) is 4.36. The van der Waals surface area contributed by atoms with Crippen molar-refractivity contribution in [2.24, 2.45) is 5.92 Å². The summed E-state index contributed by atoms with van der Waals surface area (Å²) < 4.78 is 0. The first-order valence-corrected chi connectivity index (χ1v) is 6.26. The molecule has 0 atom stereocenters. The van der Waals surface area contributed by atoms with Gasteiger partial charge in [0.2, 0.25) is 11.8 Å². The molecule has 0 radical (unpaired) electrons. The molecule has 0 aromatic heterocycles. The van der Waals surface area contributed by atoms with Gasteiger partial charge in [-0.1, -0.05) is 33.3 Å². The highest BCUT2D eigenvalue weighted by Crippen LogP contribution is 1.98. The Balaban J connectivity index is 3.22. The second kappa shape index (κ2) is 9.87. The van der Waals surface area contributed by atoms with E-state index in [4.69, 9.17) is 0 Å². The largest absolute Gasteiger partial charge is 0.356 e. The molecule has 0 fully saturated rings. The van der Waals surface area contributed by atoms with Gasteiger partial charge in [0.15, 0.2) is 0 Å². The molecule has 0 aromatic carbocycles. The van der Waals surface area contributed by atoms with Crippen molar-refractivity contribution in [1.82, 2.24) is 10.6 Å². The number of hydrogen-bond donors (Lipinski definition) is 2. The van der Waals surface area contributed by atoms with E-state index in [1.165, 1.54) is 6.08 Å². The molecule has 4 heteroatoms. The zero-order valence-corrected chi connectivity index (χ0v) is 10.9. The van der Waals surface area contributed by atoms with Crippen molar-refractivity contribution in [2.75, 3.05) is 13.1 Å². The van der Waals surface area contributed by atoms with E-state index in [0.717, 1.165) is 32.2 Å². The molecule has 0 spiro atoms. The molecule has 2 amide bonds. The molecule has 0 rings (SSSR count). The van der Waals surface area contributed by atoms with Gasteiger partial charge in [-0.05, 0) is 18.9 Å². The van der Waals surface area contributed by atoms with Gasteiger partial charge in [-0.25, -0.2) is 0 Å². The zero-order chi connectivity index (χ0) is 13.1. The van der Waals surface area contributed by atoms with E-state index >= 15 is 0 Å². The molecule has 2 N–H and O–H groups in total. The van der Waals surface area contributed by atoms with Crippen LogP contribution in [-0.4, -0.2) is 24.9 Å². The summed E-state index contributed by atoms with van der Waals surface area (Å²) in [5.74, 6) is 0.0570. The van der Waals surface area contributed by atoms with Crippen molar-refractivity contribution in [3.05, 3.63) is 12.7 Å². The van der Waals surface area contributed by atoms with Crippen LogP contribution >= 0.6 is 0 Å². The highest BCUT2D eigenvalue weighted by atomic mass is 16.2. The summed E-state index contributed by atoms with van der Waals surface area (Å²) in [5, 5.41) is 5.61. The normalized spacial score (nSPS) is 10.1. The summed E-state index contributed by atoms with van der Waals surface area (Å²) in [5.41, 5.74) is 0. The zero-order valence-electron chi connectivity index (χ0n) is 10.9. The van der Waals surface area contributed by atoms with Gasteiger partial charge in [0, 0.05) is 19.0 Å². The fourth-order valence-corrected chi connectivity index (χ4v) is 1.30. The van der Waals surface area contributed by atoms with Crippen LogP contribution in [-0.2, 0) is 9.59 Å². The molecule has 98 valence electrons. The van der Waals surface area contributed by atoms with Crippen LogP contribution in [0.1, 0.15) is 39.5 Å². The van der Waals surface area contributed by atoms with Crippen LogP contribution in [0, 0.1) is 5.92 Å². The Morgan fingerprint density at radius 1 is 1.06 bits per heavy atom. The van der Waals surface area contributed by atoms with Gasteiger partial charge >= 0.3 is 0 Å². The van der Waals surface area contributed by atoms with Gasteiger partial charge < -0.3 is 10.6 Å². The van der Waals surface area contributed by atoms with Crippen LogP contribution in [0.4, 0.5) is 0 Å². The Hall–Kier alpha value is -1.32. The molecule has 0 aliphatic rings. The van der Waals surface area contributed by atoms with E-state index in [1.54, 1.807) is 0 Å². The lowest BCUT2D eigenvalue weighted by atomic mass is 10.1. The van der Waals surface area contributed by atoms with Crippen molar-refractivity contribution in [1.29, 1.82) is 0 Å². The standard InChI is InChI=1S/C13H24N2O2/c1-4-12(16)14-9-7-5-6-8-10-15-13(17)11(2)3/h4,11H,1,5-10H2,2-3H3,(H,14,16)(H,15,17). The second-order valence-electron chi connectivity index (χ2n) is 4.36. The summed E-state index contributed by atoms with van der Waals surface area (Å²) in [7, 11) is 0. The quantitative estimate of drug-likeness (QED) is 0.475. The Kier molecular flexibility index (Phi) is 9.11. The Morgan fingerprint density at radius 2 is 1.59 bits per heavy atom. The lowest BCUT2D eigenvalue weighted by Crippen LogP contribution is -2.28. The number of carbonyl (C=O) groups excluding carboxylic acids is 2. The summed E-state index contributed by atoms with van der Waals surface area (Å²) in [6.45, 7) is 8.60. The summed E-state index contributed by atoms with van der Waals surface area (Å²) in [6, 6.07) is 0. The van der Waals surface area contributed by atoms with Crippen LogP contribution in [0.3, 0.4) is 0 Å². The average molecular weight is 240 g/mol. The maximum atomic E-state index is 11.2. The minimum atomic E-state index is -0.116. The Morgan fingerprint density at radius 3 is 2.06 bits per heavy atom. The topological polar surface area (TPSA) is 58.2 Å². The fourth-order valence-electron chi connectivity index (χ4n) is 1.30. The van der Waals surface area contributed by atoms with Gasteiger partial charge in [0.1, 0.15) is 0 Å². The highest BCUT2D eigenvalue weighted by molar-refractivity contribution is 5.86. The average Bonchev–Trinajstić information content (AvgIpc) is 2.31. The predicted octanol–water partition coefficient (Wildman–Crippen LogP) is 1.62. The Labute approximate surface area is 104 Å². The number of nitrogens with one attached hydrogen (secondary N) is 2. The van der Waals surface area contributed by atoms with E-state index in [0.29, 0.717) is 6.54 Å². The van der Waals surface area contributed by atoms with Gasteiger partial charge in [-0.2, -0.15) is 0 Å². The maximum Gasteiger partial charge on any atom is 0.243 e. The molecule has 0 saturated heterocycles. The Bertz CT molecular complexity index is 250. The first-order chi connectivity index (χ1) is 8.07. The summed E-state index contributed by atoms with van der Waals surface area (Å²) in [6.07, 6.45) is 5.38. The lowest BCUT2D eigenvalue weighted by Gasteiger charge is -2.07. The SMILES string of the molecule is C=CC(=O)NCCCCCCNC(=O)C(C)C. The fraction of sp³-hybridized carbons (Fsp3) is 0.692. The summed E-state index contributed by atoms with van der Waals surface area (Å²) >= 11 is 0. The molecule has 0 heterocycles. The third kappa shape index (κ3) is 9.60. The number of unbranched alkanes of at least 4 members (excludes halogenated alkanes) is 3. The molecule has 0 saturated carbocycles. The lowest BCUT2D eigenvalue weighted by molar-refractivity contribution is -0.124. The molecular weight excluding hydrogens is 216 g/mol. The van der Waals surface area contributed by atoms with E-state index in [9.17, 15) is 9.59 Å². The highest BCUT2D eigenvalue weighted by Gasteiger charge is 2.04. The van der Waals surface area contributed by atoms with Crippen molar-refractivity contribution >= 4 is 11.8 Å². The van der Waals surface area contributed by atoms with Gasteiger partial charge in [0.25, 0.3) is 0 Å². The van der Waals surface area contributed by atoms with Crippen LogP contribution in [0.25, 0.3) is 0 Å². The van der Waals surface area contributed by atoms with Crippen LogP contribution < -0.4 is 10.6 Å². The van der Waals surface area contributed by atoms with Gasteiger partial charge in [-0.3, -0.25) is 9.59 Å². The molecule has 4 nitrogen and oxygen atoms in total. The first kappa shape index (κ1) is 15.7. The van der Waals surface area contributed by atoms with E-state index < -0.39 is 0 Å². The van der Waals surface area contributed by atoms with E-state index in [1.807, 2.05) is 13.8 Å². The van der Waals surface area contributed by atoms with Crippen LogP contribution in [0.5, 0.6) is 0 Å². The third-order valence-corrected chi connectivity index (χ3v) is 2.41.